The number of nitrogens with zero attached hydrogens (tertiary/aromatic N) is 3. The van der Waals surface area contributed by atoms with Gasteiger partial charge in [-0.3, -0.25) is 14.5 Å². The van der Waals surface area contributed by atoms with Crippen molar-refractivity contribution in [3.8, 4) is 11.1 Å². The van der Waals surface area contributed by atoms with E-state index in [0.29, 0.717) is 15.6 Å². The second kappa shape index (κ2) is 12.7. The third-order valence-corrected chi connectivity index (χ3v) is 7.92. The number of nitrogens with one attached hydrogen (secondary N) is 1. The van der Waals surface area contributed by atoms with Crippen LogP contribution in [0.15, 0.2) is 66.7 Å². The normalized spacial score (nSPS) is 14.2. The molecule has 1 heterocycles. The molecule has 1 N–H and O–H groups in total. The number of hydrogen-bond acceptors (Lipinski definition) is 4. The Morgan fingerprint density at radius 2 is 1.63 bits per heavy atom. The average Bonchev–Trinajstić information content (AvgIpc) is 3.47. The summed E-state index contributed by atoms with van der Waals surface area (Å²) in [6.07, 6.45) is 2.98. The molecule has 1 aliphatic heterocycles. The van der Waals surface area contributed by atoms with E-state index < -0.39 is 0 Å². The molecule has 4 rings (SSSR count). The zero-order valence-corrected chi connectivity index (χ0v) is 23.6. The molecule has 0 aliphatic carbocycles. The number of anilines is 1. The number of hydrogen-bond donors (Lipinski definition) is 1. The van der Waals surface area contributed by atoms with Crippen LogP contribution in [0.5, 0.6) is 0 Å². The van der Waals surface area contributed by atoms with Crippen LogP contribution in [0.1, 0.15) is 28.8 Å². The van der Waals surface area contributed by atoms with Crippen molar-refractivity contribution in [1.29, 1.82) is 0 Å². The molecule has 0 saturated carbocycles. The van der Waals surface area contributed by atoms with E-state index in [4.69, 9.17) is 23.2 Å². The number of likely N-dealkylation sites (N-methyl/N-ethyl adjacent to an activating group) is 2. The molecule has 1 fully saturated rings. The maximum Gasteiger partial charge on any atom is 0.251 e. The van der Waals surface area contributed by atoms with E-state index in [-0.39, 0.29) is 24.5 Å². The average molecular weight is 554 g/mol. The fourth-order valence-corrected chi connectivity index (χ4v) is 5.17. The van der Waals surface area contributed by atoms with Gasteiger partial charge in [-0.15, -0.1) is 0 Å². The highest BCUT2D eigenvalue weighted by Gasteiger charge is 2.29. The van der Waals surface area contributed by atoms with Crippen LogP contribution in [-0.4, -0.2) is 68.6 Å². The molecule has 0 radical (unpaired) electrons. The number of amides is 2. The summed E-state index contributed by atoms with van der Waals surface area (Å²) >= 11 is 12.2. The maximum absolute atomic E-state index is 13.4. The van der Waals surface area contributed by atoms with Gasteiger partial charge in [-0.1, -0.05) is 59.6 Å². The van der Waals surface area contributed by atoms with Crippen LogP contribution in [0.3, 0.4) is 0 Å². The van der Waals surface area contributed by atoms with Crippen molar-refractivity contribution in [2.45, 2.75) is 25.4 Å². The lowest BCUT2D eigenvalue weighted by molar-refractivity contribution is -0.133. The predicted octanol–water partition coefficient (Wildman–Crippen LogP) is 5.58. The summed E-state index contributed by atoms with van der Waals surface area (Å²) < 4.78 is 0. The smallest absolute Gasteiger partial charge is 0.251 e. The Bertz CT molecular complexity index is 1280. The highest BCUT2D eigenvalue weighted by Crippen LogP contribution is 2.27. The lowest BCUT2D eigenvalue weighted by atomic mass is 10.00. The Balaban J connectivity index is 1.48. The summed E-state index contributed by atoms with van der Waals surface area (Å²) in [6, 6.07) is 21.4. The second-order valence-corrected chi connectivity index (χ2v) is 10.6. The summed E-state index contributed by atoms with van der Waals surface area (Å²) in [5.74, 6) is -0.0625. The third-order valence-electron chi connectivity index (χ3n) is 7.18. The Morgan fingerprint density at radius 3 is 2.29 bits per heavy atom. The van der Waals surface area contributed by atoms with Gasteiger partial charge in [0.2, 0.25) is 5.91 Å². The van der Waals surface area contributed by atoms with Crippen LogP contribution >= 0.6 is 23.2 Å². The van der Waals surface area contributed by atoms with E-state index in [2.05, 4.69) is 34.5 Å². The Morgan fingerprint density at radius 1 is 0.921 bits per heavy atom. The van der Waals surface area contributed by atoms with Crippen LogP contribution in [0.2, 0.25) is 10.0 Å². The molecule has 1 atom stereocenters. The van der Waals surface area contributed by atoms with Crippen LogP contribution < -0.4 is 10.2 Å². The maximum atomic E-state index is 13.4. The number of carbonyl (C=O) groups excluding carboxylic acids is 2. The van der Waals surface area contributed by atoms with Gasteiger partial charge in [-0.25, -0.2) is 0 Å². The van der Waals surface area contributed by atoms with Crippen LogP contribution in [0.25, 0.3) is 11.1 Å². The largest absolute Gasteiger partial charge is 0.365 e. The highest BCUT2D eigenvalue weighted by atomic mass is 35.5. The molecule has 3 aromatic carbocycles. The molecule has 1 saturated heterocycles. The van der Waals surface area contributed by atoms with Crippen molar-refractivity contribution in [3.05, 3.63) is 87.9 Å². The van der Waals surface area contributed by atoms with Crippen molar-refractivity contribution >= 4 is 40.7 Å². The molecule has 3 aromatic rings. The first-order chi connectivity index (χ1) is 18.3. The van der Waals surface area contributed by atoms with Gasteiger partial charge >= 0.3 is 0 Å². The molecular weight excluding hydrogens is 519 g/mol. The van der Waals surface area contributed by atoms with Gasteiger partial charge in [-0.2, -0.15) is 0 Å². The first kappa shape index (κ1) is 28.0. The van der Waals surface area contributed by atoms with Gasteiger partial charge in [-0.05, 0) is 59.9 Å². The van der Waals surface area contributed by atoms with Gasteiger partial charge in [0, 0.05) is 51.9 Å². The van der Waals surface area contributed by atoms with E-state index in [9.17, 15) is 9.59 Å². The first-order valence-electron chi connectivity index (χ1n) is 12.8. The molecule has 0 bridgehead atoms. The molecule has 1 unspecified atom stereocenters. The highest BCUT2D eigenvalue weighted by molar-refractivity contribution is 6.42. The summed E-state index contributed by atoms with van der Waals surface area (Å²) in [6.45, 7) is 2.20. The van der Waals surface area contributed by atoms with Gasteiger partial charge in [0.15, 0.2) is 0 Å². The minimum atomic E-state index is -0.102. The van der Waals surface area contributed by atoms with Crippen molar-refractivity contribution < 1.29 is 9.59 Å². The molecule has 200 valence electrons. The molecule has 6 nitrogen and oxygen atoms in total. The van der Waals surface area contributed by atoms with Gasteiger partial charge in [0.1, 0.15) is 0 Å². The molecule has 0 spiro atoms. The van der Waals surface area contributed by atoms with Crippen molar-refractivity contribution in [2.75, 3.05) is 45.7 Å². The number of likely N-dealkylation sites (tertiary alicyclic amines) is 1. The molecular formula is C30H34Cl2N4O2. The Kier molecular flexibility index (Phi) is 9.31. The monoisotopic (exact) mass is 552 g/mol. The van der Waals surface area contributed by atoms with Crippen molar-refractivity contribution in [3.63, 3.8) is 0 Å². The summed E-state index contributed by atoms with van der Waals surface area (Å²) in [5, 5.41) is 3.63. The number of rotatable bonds is 9. The van der Waals surface area contributed by atoms with Crippen molar-refractivity contribution in [2.24, 2.45) is 0 Å². The fourth-order valence-electron chi connectivity index (χ4n) is 4.87. The minimum absolute atomic E-state index is 0.0327. The lowest BCUT2D eigenvalue weighted by Gasteiger charge is -2.36. The molecule has 1 aliphatic rings. The van der Waals surface area contributed by atoms with E-state index in [0.717, 1.165) is 54.7 Å². The minimum Gasteiger partial charge on any atom is -0.365 e. The predicted molar refractivity (Wildman–Crippen MR) is 156 cm³/mol. The molecule has 2 amide bonds. The molecule has 38 heavy (non-hydrogen) atoms. The Hall–Kier alpha value is -3.06. The second-order valence-electron chi connectivity index (χ2n) is 9.74. The summed E-state index contributed by atoms with van der Waals surface area (Å²) in [7, 11) is 5.41. The topological polar surface area (TPSA) is 55.9 Å². The molecule has 8 heteroatoms. The quantitative estimate of drug-likeness (QED) is 0.376. The van der Waals surface area contributed by atoms with E-state index in [1.165, 1.54) is 0 Å². The number of halogens is 2. The van der Waals surface area contributed by atoms with Crippen molar-refractivity contribution in [1.82, 2.24) is 15.1 Å². The van der Waals surface area contributed by atoms with Gasteiger partial charge in [0.25, 0.3) is 5.91 Å². The van der Waals surface area contributed by atoms with E-state index >= 15 is 0 Å². The zero-order chi connectivity index (χ0) is 27.2. The molecule has 0 aromatic heterocycles. The zero-order valence-electron chi connectivity index (χ0n) is 22.1. The van der Waals surface area contributed by atoms with Gasteiger partial charge in [0.05, 0.1) is 22.8 Å². The van der Waals surface area contributed by atoms with E-state index in [1.807, 2.05) is 54.2 Å². The standard InChI is InChI=1S/C30H34Cl2N4O2/c1-33-30(38)24-8-6-7-23(18-24)22-11-9-21(10-12-22)17-28(36-15-4-5-16-36)35(3)29(37)20-34(2)25-13-14-26(31)27(32)19-25/h6-14,18-19,28H,4-5,15-17,20H2,1-3H3,(H,33,38). The lowest BCUT2D eigenvalue weighted by Crippen LogP contribution is -2.51. The number of carbonyl (C=O) groups is 2. The summed E-state index contributed by atoms with van der Waals surface area (Å²) in [4.78, 5) is 31.6. The third kappa shape index (κ3) is 6.68. The number of benzene rings is 3. The van der Waals surface area contributed by atoms with Gasteiger partial charge < -0.3 is 15.1 Å². The summed E-state index contributed by atoms with van der Waals surface area (Å²) in [5.41, 5.74) is 4.67. The fraction of sp³-hybridized carbons (Fsp3) is 0.333. The van der Waals surface area contributed by atoms with E-state index in [1.54, 1.807) is 19.2 Å². The Labute approximate surface area is 235 Å². The SMILES string of the molecule is CNC(=O)c1cccc(-c2ccc(CC(N3CCCC3)N(C)C(=O)CN(C)c3ccc(Cl)c(Cl)c3)cc2)c1. The van der Waals surface area contributed by atoms with Crippen LogP contribution in [-0.2, 0) is 11.2 Å². The van der Waals surface area contributed by atoms with Crippen LogP contribution in [0, 0.1) is 0 Å². The van der Waals surface area contributed by atoms with Crippen LogP contribution in [0.4, 0.5) is 5.69 Å². The first-order valence-corrected chi connectivity index (χ1v) is 13.6.